The molecule has 196 valence electrons. The third-order valence-corrected chi connectivity index (χ3v) is 7.96. The normalized spacial score (nSPS) is 12.0. The van der Waals surface area contributed by atoms with Crippen molar-refractivity contribution in [1.82, 2.24) is 10.2 Å². The number of hydrogen-bond acceptors (Lipinski definition) is 4. The second-order valence-corrected chi connectivity index (χ2v) is 10.8. The number of rotatable bonds is 12. The van der Waals surface area contributed by atoms with Gasteiger partial charge in [-0.05, 0) is 49.6 Å². The fourth-order valence-corrected chi connectivity index (χ4v) is 5.47. The number of para-hydroxylation sites is 1. The van der Waals surface area contributed by atoms with E-state index in [1.807, 2.05) is 43.3 Å². The average Bonchev–Trinajstić information content (AvgIpc) is 2.91. The molecule has 0 saturated heterocycles. The number of unbranched alkanes of at least 4 members (excludes halogenated alkanes) is 1. The Hall–Kier alpha value is -3.65. The largest absolute Gasteiger partial charge is 0.354 e. The van der Waals surface area contributed by atoms with Gasteiger partial charge in [-0.15, -0.1) is 0 Å². The highest BCUT2D eigenvalue weighted by Crippen LogP contribution is 2.27. The number of carbonyl (C=O) groups excluding carboxylic acids is 2. The molecule has 0 aliphatic rings. The summed E-state index contributed by atoms with van der Waals surface area (Å²) in [5.74, 6) is -0.740. The summed E-state index contributed by atoms with van der Waals surface area (Å²) in [5, 5.41) is 2.89. The summed E-state index contributed by atoms with van der Waals surface area (Å²) in [5.41, 5.74) is 1.98. The third kappa shape index (κ3) is 7.20. The minimum absolute atomic E-state index is 0.0889. The number of nitrogens with zero attached hydrogens (tertiary/aromatic N) is 2. The van der Waals surface area contributed by atoms with Gasteiger partial charge in [-0.25, -0.2) is 8.42 Å². The van der Waals surface area contributed by atoms with Crippen molar-refractivity contribution >= 4 is 27.5 Å². The zero-order valence-corrected chi connectivity index (χ0v) is 22.4. The van der Waals surface area contributed by atoms with Crippen molar-refractivity contribution in [2.24, 2.45) is 0 Å². The summed E-state index contributed by atoms with van der Waals surface area (Å²) in [7, 11) is -4.06. The zero-order valence-electron chi connectivity index (χ0n) is 21.6. The molecule has 37 heavy (non-hydrogen) atoms. The van der Waals surface area contributed by atoms with Gasteiger partial charge in [-0.3, -0.25) is 13.9 Å². The maximum absolute atomic E-state index is 13.8. The van der Waals surface area contributed by atoms with Gasteiger partial charge in [0.15, 0.2) is 0 Å². The molecule has 0 fully saturated rings. The van der Waals surface area contributed by atoms with Crippen molar-refractivity contribution in [3.05, 3.63) is 96.1 Å². The Balaban J connectivity index is 1.98. The van der Waals surface area contributed by atoms with E-state index in [4.69, 9.17) is 0 Å². The molecule has 3 rings (SSSR count). The van der Waals surface area contributed by atoms with Crippen molar-refractivity contribution in [2.45, 2.75) is 51.1 Å². The first-order valence-electron chi connectivity index (χ1n) is 12.5. The Labute approximate surface area is 220 Å². The van der Waals surface area contributed by atoms with Gasteiger partial charge in [0, 0.05) is 13.1 Å². The van der Waals surface area contributed by atoms with E-state index in [-0.39, 0.29) is 17.3 Å². The van der Waals surface area contributed by atoms with Crippen LogP contribution in [0.2, 0.25) is 0 Å². The number of benzene rings is 3. The van der Waals surface area contributed by atoms with Crippen LogP contribution in [-0.2, 0) is 26.2 Å². The number of carbonyl (C=O) groups is 2. The summed E-state index contributed by atoms with van der Waals surface area (Å²) in [6.07, 6.45) is 1.77. The van der Waals surface area contributed by atoms with E-state index >= 15 is 0 Å². The van der Waals surface area contributed by atoms with Gasteiger partial charge < -0.3 is 10.2 Å². The summed E-state index contributed by atoms with van der Waals surface area (Å²) in [6, 6.07) is 23.7. The molecule has 0 aromatic heterocycles. The second-order valence-electron chi connectivity index (χ2n) is 8.94. The molecule has 2 amide bonds. The molecule has 0 aliphatic carbocycles. The van der Waals surface area contributed by atoms with E-state index in [1.54, 1.807) is 50.2 Å². The Morgan fingerprint density at radius 1 is 0.892 bits per heavy atom. The van der Waals surface area contributed by atoms with Crippen LogP contribution in [0.5, 0.6) is 0 Å². The first kappa shape index (κ1) is 27.9. The fourth-order valence-electron chi connectivity index (χ4n) is 3.98. The molecule has 8 heteroatoms. The Morgan fingerprint density at radius 2 is 1.49 bits per heavy atom. The standard InChI is InChI=1S/C29H35N3O4S/c1-4-5-20-30-29(34)24(3)31(21-25-15-8-6-9-16-25)28(33)22-32(27-19-13-12-14-23(27)2)37(35,36)26-17-10-7-11-18-26/h6-19,24H,4-5,20-22H2,1-3H3,(H,30,34)/t24-/m1/s1. The number of nitrogens with one attached hydrogen (secondary N) is 1. The lowest BCUT2D eigenvalue weighted by Gasteiger charge is -2.32. The van der Waals surface area contributed by atoms with Crippen molar-refractivity contribution in [3.63, 3.8) is 0 Å². The van der Waals surface area contributed by atoms with Gasteiger partial charge in [0.05, 0.1) is 10.6 Å². The maximum Gasteiger partial charge on any atom is 0.264 e. The van der Waals surface area contributed by atoms with Crippen molar-refractivity contribution < 1.29 is 18.0 Å². The lowest BCUT2D eigenvalue weighted by molar-refractivity contribution is -0.139. The predicted octanol–water partition coefficient (Wildman–Crippen LogP) is 4.52. The van der Waals surface area contributed by atoms with E-state index in [1.165, 1.54) is 17.0 Å². The molecule has 7 nitrogen and oxygen atoms in total. The van der Waals surface area contributed by atoms with Gasteiger partial charge in [-0.2, -0.15) is 0 Å². The van der Waals surface area contributed by atoms with Crippen LogP contribution < -0.4 is 9.62 Å². The smallest absolute Gasteiger partial charge is 0.264 e. The highest BCUT2D eigenvalue weighted by atomic mass is 32.2. The van der Waals surface area contributed by atoms with Crippen molar-refractivity contribution in [1.29, 1.82) is 0 Å². The lowest BCUT2D eigenvalue weighted by Crippen LogP contribution is -2.51. The quantitative estimate of drug-likeness (QED) is 0.355. The van der Waals surface area contributed by atoms with E-state index in [2.05, 4.69) is 5.32 Å². The van der Waals surface area contributed by atoms with Gasteiger partial charge in [-0.1, -0.05) is 80.1 Å². The van der Waals surface area contributed by atoms with Crippen LogP contribution in [0.25, 0.3) is 0 Å². The molecular weight excluding hydrogens is 486 g/mol. The highest BCUT2D eigenvalue weighted by Gasteiger charge is 2.32. The van der Waals surface area contributed by atoms with E-state index in [0.717, 1.165) is 28.3 Å². The van der Waals surface area contributed by atoms with E-state index < -0.39 is 28.5 Å². The van der Waals surface area contributed by atoms with Crippen LogP contribution in [0.1, 0.15) is 37.8 Å². The number of anilines is 1. The molecule has 0 unspecified atom stereocenters. The Bertz CT molecular complexity index is 1280. The number of hydrogen-bond donors (Lipinski definition) is 1. The SMILES string of the molecule is CCCCNC(=O)[C@@H](C)N(Cc1ccccc1)C(=O)CN(c1ccccc1C)S(=O)(=O)c1ccccc1. The molecule has 0 aliphatic heterocycles. The van der Waals surface area contributed by atoms with Crippen molar-refractivity contribution in [3.8, 4) is 0 Å². The summed E-state index contributed by atoms with van der Waals surface area (Å²) < 4.78 is 28.6. The predicted molar refractivity (Wildman–Crippen MR) is 147 cm³/mol. The Morgan fingerprint density at radius 3 is 2.11 bits per heavy atom. The Kier molecular flexibility index (Phi) is 9.85. The molecule has 0 heterocycles. The zero-order chi connectivity index (χ0) is 26.8. The van der Waals surface area contributed by atoms with Crippen LogP contribution in [0, 0.1) is 6.92 Å². The lowest BCUT2D eigenvalue weighted by atomic mass is 10.1. The maximum atomic E-state index is 13.8. The molecule has 1 atom stereocenters. The van der Waals surface area contributed by atoms with Crippen LogP contribution in [-0.4, -0.2) is 44.3 Å². The minimum Gasteiger partial charge on any atom is -0.354 e. The minimum atomic E-state index is -4.06. The third-order valence-electron chi connectivity index (χ3n) is 6.19. The summed E-state index contributed by atoms with van der Waals surface area (Å²) in [6.45, 7) is 5.76. The average molecular weight is 522 g/mol. The van der Waals surface area contributed by atoms with Crippen LogP contribution in [0.3, 0.4) is 0 Å². The molecule has 3 aromatic rings. The summed E-state index contributed by atoms with van der Waals surface area (Å²) in [4.78, 5) is 28.3. The van der Waals surface area contributed by atoms with Crippen LogP contribution >= 0.6 is 0 Å². The number of amides is 2. The van der Waals surface area contributed by atoms with Gasteiger partial charge in [0.2, 0.25) is 11.8 Å². The van der Waals surface area contributed by atoms with E-state index in [0.29, 0.717) is 12.2 Å². The fraction of sp³-hybridized carbons (Fsp3) is 0.310. The molecule has 0 bridgehead atoms. The first-order chi connectivity index (χ1) is 17.8. The monoisotopic (exact) mass is 521 g/mol. The van der Waals surface area contributed by atoms with E-state index in [9.17, 15) is 18.0 Å². The second kappa shape index (κ2) is 13.1. The highest BCUT2D eigenvalue weighted by molar-refractivity contribution is 7.92. The summed E-state index contributed by atoms with van der Waals surface area (Å²) >= 11 is 0. The van der Waals surface area contributed by atoms with Gasteiger partial charge in [0.1, 0.15) is 12.6 Å². The molecule has 0 saturated carbocycles. The number of aryl methyl sites for hydroxylation is 1. The molecule has 0 radical (unpaired) electrons. The van der Waals surface area contributed by atoms with Gasteiger partial charge >= 0.3 is 0 Å². The molecule has 0 spiro atoms. The molecule has 3 aromatic carbocycles. The topological polar surface area (TPSA) is 86.8 Å². The molecular formula is C29H35N3O4S. The van der Waals surface area contributed by atoms with Gasteiger partial charge in [0.25, 0.3) is 10.0 Å². The molecule has 1 N–H and O–H groups in total. The van der Waals surface area contributed by atoms with Crippen LogP contribution in [0.15, 0.2) is 89.8 Å². The van der Waals surface area contributed by atoms with Crippen molar-refractivity contribution in [2.75, 3.05) is 17.4 Å². The number of sulfonamides is 1. The van der Waals surface area contributed by atoms with Crippen LogP contribution in [0.4, 0.5) is 5.69 Å². The first-order valence-corrected chi connectivity index (χ1v) is 13.9.